The van der Waals surface area contributed by atoms with Gasteiger partial charge in [-0.15, -0.1) is 0 Å². The maximum atomic E-state index is 9.89. The van der Waals surface area contributed by atoms with Gasteiger partial charge in [0.25, 0.3) is 0 Å². The molecular formula is C6H13NO5. The largest absolute Gasteiger partial charge is 0.390 e. The molecule has 0 rings (SSSR count). The fourth-order valence-corrected chi connectivity index (χ4v) is 0.692. The van der Waals surface area contributed by atoms with Crippen LogP contribution in [-0.4, -0.2) is 46.5 Å². The van der Waals surface area contributed by atoms with Crippen LogP contribution < -0.4 is 5.90 Å². The van der Waals surface area contributed by atoms with Crippen LogP contribution in [0.5, 0.6) is 0 Å². The average molecular weight is 179 g/mol. The van der Waals surface area contributed by atoms with E-state index in [1.165, 1.54) is 0 Å². The number of aliphatic hydroxyl groups excluding tert-OH is 3. The maximum absolute atomic E-state index is 9.89. The molecule has 6 nitrogen and oxygen atoms in total. The first-order valence-electron chi connectivity index (χ1n) is 3.43. The summed E-state index contributed by atoms with van der Waals surface area (Å²) in [5, 5.41) is 27.0. The molecule has 0 unspecified atom stereocenters. The Bertz CT molecular complexity index is 131. The summed E-state index contributed by atoms with van der Waals surface area (Å²) >= 11 is 0. The highest BCUT2D eigenvalue weighted by Crippen LogP contribution is 2.02. The number of hydrogen-bond acceptors (Lipinski definition) is 6. The number of carbonyl (C=O) groups is 1. The summed E-state index contributed by atoms with van der Waals surface area (Å²) in [6, 6.07) is 0. The van der Waals surface area contributed by atoms with Crippen LogP contribution in [-0.2, 0) is 9.63 Å². The molecule has 72 valence electrons. The lowest BCUT2D eigenvalue weighted by molar-refractivity contribution is -0.116. The van der Waals surface area contributed by atoms with Crippen molar-refractivity contribution in [3.05, 3.63) is 0 Å². The molecule has 0 aromatic heterocycles. The normalized spacial score (nSPS) is 18.3. The van der Waals surface area contributed by atoms with Gasteiger partial charge in [-0.1, -0.05) is 0 Å². The maximum Gasteiger partial charge on any atom is 0.122 e. The molecule has 12 heavy (non-hydrogen) atoms. The van der Waals surface area contributed by atoms with Gasteiger partial charge in [0.1, 0.15) is 18.5 Å². The molecule has 0 heterocycles. The molecular weight excluding hydrogens is 166 g/mol. The molecule has 0 saturated carbocycles. The number of aldehydes is 1. The van der Waals surface area contributed by atoms with Gasteiger partial charge in [0, 0.05) is 6.42 Å². The molecule has 0 aliphatic carbocycles. The molecule has 0 aromatic rings. The van der Waals surface area contributed by atoms with E-state index in [-0.39, 0.29) is 13.0 Å². The zero-order chi connectivity index (χ0) is 9.56. The third-order valence-corrected chi connectivity index (χ3v) is 1.39. The van der Waals surface area contributed by atoms with E-state index in [1.54, 1.807) is 0 Å². The van der Waals surface area contributed by atoms with E-state index in [1.807, 2.05) is 0 Å². The van der Waals surface area contributed by atoms with Gasteiger partial charge in [0.2, 0.25) is 0 Å². The van der Waals surface area contributed by atoms with Crippen LogP contribution in [0.4, 0.5) is 0 Å². The van der Waals surface area contributed by atoms with Gasteiger partial charge in [-0.25, -0.2) is 5.90 Å². The number of carbonyl (C=O) groups excluding carboxylic acids is 1. The van der Waals surface area contributed by atoms with Gasteiger partial charge >= 0.3 is 0 Å². The van der Waals surface area contributed by atoms with Crippen molar-refractivity contribution in [2.45, 2.75) is 24.7 Å². The summed E-state index contributed by atoms with van der Waals surface area (Å²) in [7, 11) is 0. The topological polar surface area (TPSA) is 113 Å². The third-order valence-electron chi connectivity index (χ3n) is 1.39. The lowest BCUT2D eigenvalue weighted by Crippen LogP contribution is -2.40. The lowest BCUT2D eigenvalue weighted by atomic mass is 10.1. The van der Waals surface area contributed by atoms with Crippen LogP contribution in [0.3, 0.4) is 0 Å². The molecule has 0 aliphatic rings. The second kappa shape index (κ2) is 6.04. The summed E-state index contributed by atoms with van der Waals surface area (Å²) in [4.78, 5) is 13.9. The molecule has 0 bridgehead atoms. The molecule has 5 N–H and O–H groups in total. The van der Waals surface area contributed by atoms with Gasteiger partial charge < -0.3 is 25.0 Å². The van der Waals surface area contributed by atoms with Crippen molar-refractivity contribution in [1.29, 1.82) is 0 Å². The first-order valence-corrected chi connectivity index (χ1v) is 3.43. The Morgan fingerprint density at radius 2 is 1.92 bits per heavy atom. The Kier molecular flexibility index (Phi) is 5.77. The highest BCUT2D eigenvalue weighted by molar-refractivity contribution is 5.50. The van der Waals surface area contributed by atoms with E-state index in [0.717, 1.165) is 0 Å². The van der Waals surface area contributed by atoms with Crippen LogP contribution in [0.1, 0.15) is 6.42 Å². The second-order valence-corrected chi connectivity index (χ2v) is 2.36. The minimum Gasteiger partial charge on any atom is -0.390 e. The quantitative estimate of drug-likeness (QED) is 0.266. The van der Waals surface area contributed by atoms with Crippen molar-refractivity contribution in [2.75, 3.05) is 6.61 Å². The second-order valence-electron chi connectivity index (χ2n) is 2.36. The van der Waals surface area contributed by atoms with Gasteiger partial charge in [-0.2, -0.15) is 0 Å². The molecule has 0 radical (unpaired) electrons. The Morgan fingerprint density at radius 1 is 1.33 bits per heavy atom. The van der Waals surface area contributed by atoms with E-state index >= 15 is 0 Å². The van der Waals surface area contributed by atoms with E-state index in [0.29, 0.717) is 6.29 Å². The predicted octanol–water partition coefficient (Wildman–Crippen LogP) is -2.45. The highest BCUT2D eigenvalue weighted by Gasteiger charge is 2.24. The van der Waals surface area contributed by atoms with Crippen molar-refractivity contribution in [3.63, 3.8) is 0 Å². The third kappa shape index (κ3) is 3.74. The Hall–Kier alpha value is -0.530. The van der Waals surface area contributed by atoms with Crippen molar-refractivity contribution >= 4 is 6.29 Å². The van der Waals surface area contributed by atoms with E-state index < -0.39 is 18.3 Å². The molecule has 0 spiro atoms. The van der Waals surface area contributed by atoms with Crippen LogP contribution in [0, 0.1) is 0 Å². The number of hydrogen-bond donors (Lipinski definition) is 4. The van der Waals surface area contributed by atoms with Gasteiger partial charge in [-0.05, 0) is 0 Å². The zero-order valence-corrected chi connectivity index (χ0v) is 6.46. The molecule has 0 aliphatic heterocycles. The van der Waals surface area contributed by atoms with E-state index in [2.05, 4.69) is 10.7 Å². The first kappa shape index (κ1) is 11.5. The minimum atomic E-state index is -1.42. The Balaban J connectivity index is 3.80. The molecule has 0 aromatic carbocycles. The summed E-state index contributed by atoms with van der Waals surface area (Å²) in [5.41, 5.74) is 0. The van der Waals surface area contributed by atoms with Crippen LogP contribution in [0.15, 0.2) is 0 Å². The SMILES string of the molecule is NOC[C@@H](O)[C@@H](O)[C@H](O)CC=O. The smallest absolute Gasteiger partial charge is 0.122 e. The molecule has 6 heteroatoms. The molecule has 3 atom stereocenters. The van der Waals surface area contributed by atoms with Crippen LogP contribution in [0.25, 0.3) is 0 Å². The minimum absolute atomic E-state index is 0.233. The van der Waals surface area contributed by atoms with E-state index in [4.69, 9.17) is 15.3 Å². The van der Waals surface area contributed by atoms with Gasteiger partial charge in [0.05, 0.1) is 12.7 Å². The molecule has 0 saturated heterocycles. The summed E-state index contributed by atoms with van der Waals surface area (Å²) in [5.74, 6) is 4.62. The van der Waals surface area contributed by atoms with Crippen LogP contribution >= 0.6 is 0 Å². The Morgan fingerprint density at radius 3 is 2.33 bits per heavy atom. The monoisotopic (exact) mass is 179 g/mol. The average Bonchev–Trinajstić information content (AvgIpc) is 2.04. The Labute approximate surface area is 69.5 Å². The molecule has 0 amide bonds. The highest BCUT2D eigenvalue weighted by atomic mass is 16.6. The lowest BCUT2D eigenvalue weighted by Gasteiger charge is -2.20. The summed E-state index contributed by atoms with van der Waals surface area (Å²) in [6.07, 6.45) is -3.77. The van der Waals surface area contributed by atoms with Crippen molar-refractivity contribution in [2.24, 2.45) is 5.90 Å². The fraction of sp³-hybridized carbons (Fsp3) is 0.833. The van der Waals surface area contributed by atoms with Crippen molar-refractivity contribution in [1.82, 2.24) is 0 Å². The van der Waals surface area contributed by atoms with Crippen LogP contribution in [0.2, 0.25) is 0 Å². The summed E-state index contributed by atoms with van der Waals surface area (Å²) < 4.78 is 0. The van der Waals surface area contributed by atoms with Gasteiger partial charge in [0.15, 0.2) is 0 Å². The first-order chi connectivity index (χ1) is 5.63. The number of rotatable bonds is 6. The fourth-order valence-electron chi connectivity index (χ4n) is 0.692. The summed E-state index contributed by atoms with van der Waals surface area (Å²) in [6.45, 7) is -0.295. The zero-order valence-electron chi connectivity index (χ0n) is 6.46. The van der Waals surface area contributed by atoms with Crippen molar-refractivity contribution < 1.29 is 25.0 Å². The number of aliphatic hydroxyl groups is 3. The standard InChI is InChI=1S/C6H13NO5/c7-12-3-5(10)6(11)4(9)1-2-8/h2,4-6,9-11H,1,3,7H2/t4-,5-,6+/m1/s1. The van der Waals surface area contributed by atoms with Crippen molar-refractivity contribution in [3.8, 4) is 0 Å². The predicted molar refractivity (Wildman–Crippen MR) is 38.8 cm³/mol. The van der Waals surface area contributed by atoms with Gasteiger partial charge in [-0.3, -0.25) is 0 Å². The molecule has 0 fully saturated rings. The number of nitrogens with two attached hydrogens (primary N) is 1. The van der Waals surface area contributed by atoms with E-state index in [9.17, 15) is 4.79 Å².